The van der Waals surface area contributed by atoms with E-state index < -0.39 is 7.12 Å². The van der Waals surface area contributed by atoms with Crippen LogP contribution in [0.25, 0.3) is 0 Å². The van der Waals surface area contributed by atoms with Crippen molar-refractivity contribution in [3.63, 3.8) is 0 Å². The standard InChI is InChI=1S/C8H12BNO2/c11-9(12)8-2-1-5-10(8)6-7-3-4-7/h1-2,5,7,11-12H,3-4,6H2. The Morgan fingerprint density at radius 3 is 2.83 bits per heavy atom. The van der Waals surface area contributed by atoms with Gasteiger partial charge in [0.05, 0.1) is 0 Å². The van der Waals surface area contributed by atoms with Crippen LogP contribution in [0.15, 0.2) is 18.3 Å². The SMILES string of the molecule is OB(O)c1cccn1CC1CC1. The molecule has 0 atom stereocenters. The molecule has 0 saturated heterocycles. The van der Waals surface area contributed by atoms with E-state index in [2.05, 4.69) is 0 Å². The van der Waals surface area contributed by atoms with E-state index in [1.807, 2.05) is 16.8 Å². The summed E-state index contributed by atoms with van der Waals surface area (Å²) in [5.41, 5.74) is 0.599. The summed E-state index contributed by atoms with van der Waals surface area (Å²) in [5, 5.41) is 17.9. The highest BCUT2D eigenvalue weighted by atomic mass is 16.4. The summed E-state index contributed by atoms with van der Waals surface area (Å²) in [5.74, 6) is 0.759. The summed E-state index contributed by atoms with van der Waals surface area (Å²) in [6, 6.07) is 3.59. The van der Waals surface area contributed by atoms with Crippen molar-refractivity contribution < 1.29 is 10.0 Å². The van der Waals surface area contributed by atoms with Crippen molar-refractivity contribution in [1.29, 1.82) is 0 Å². The van der Waals surface area contributed by atoms with Crippen LogP contribution in [0.2, 0.25) is 0 Å². The molecular formula is C8H12BNO2. The number of hydrogen-bond acceptors (Lipinski definition) is 2. The molecule has 64 valence electrons. The minimum absolute atomic E-state index is 0.599. The van der Waals surface area contributed by atoms with Crippen molar-refractivity contribution in [3.8, 4) is 0 Å². The normalized spacial score (nSPS) is 16.5. The van der Waals surface area contributed by atoms with Gasteiger partial charge in [-0.3, -0.25) is 0 Å². The van der Waals surface area contributed by atoms with Crippen molar-refractivity contribution in [2.45, 2.75) is 19.4 Å². The van der Waals surface area contributed by atoms with E-state index >= 15 is 0 Å². The van der Waals surface area contributed by atoms with Crippen LogP contribution < -0.4 is 5.59 Å². The Morgan fingerprint density at radius 2 is 2.25 bits per heavy atom. The molecule has 0 unspecified atom stereocenters. The Kier molecular flexibility index (Phi) is 1.94. The Hall–Kier alpha value is -0.735. The lowest BCUT2D eigenvalue weighted by Gasteiger charge is -2.06. The molecule has 1 saturated carbocycles. The van der Waals surface area contributed by atoms with Gasteiger partial charge in [0, 0.05) is 18.3 Å². The summed E-state index contributed by atoms with van der Waals surface area (Å²) in [7, 11) is -1.33. The van der Waals surface area contributed by atoms with E-state index in [0.717, 1.165) is 12.5 Å². The molecule has 0 aliphatic heterocycles. The summed E-state index contributed by atoms with van der Waals surface area (Å²) in [4.78, 5) is 0. The van der Waals surface area contributed by atoms with Crippen LogP contribution in [0.5, 0.6) is 0 Å². The van der Waals surface area contributed by atoms with Gasteiger partial charge in [-0.1, -0.05) is 0 Å². The molecule has 0 amide bonds. The van der Waals surface area contributed by atoms with Gasteiger partial charge < -0.3 is 14.6 Å². The van der Waals surface area contributed by atoms with Gasteiger partial charge in [-0.05, 0) is 30.9 Å². The third-order valence-corrected chi connectivity index (χ3v) is 2.28. The van der Waals surface area contributed by atoms with Gasteiger partial charge >= 0.3 is 7.12 Å². The van der Waals surface area contributed by atoms with E-state index in [1.165, 1.54) is 12.8 Å². The number of aromatic nitrogens is 1. The first-order valence-corrected chi connectivity index (χ1v) is 4.28. The van der Waals surface area contributed by atoms with E-state index in [1.54, 1.807) is 6.07 Å². The Balaban J connectivity index is 2.11. The number of nitrogens with zero attached hydrogens (tertiary/aromatic N) is 1. The van der Waals surface area contributed by atoms with Crippen LogP contribution in [0, 0.1) is 5.92 Å². The molecule has 1 aliphatic carbocycles. The lowest BCUT2D eigenvalue weighted by molar-refractivity contribution is 0.420. The van der Waals surface area contributed by atoms with Crippen molar-refractivity contribution in [2.24, 2.45) is 5.92 Å². The van der Waals surface area contributed by atoms with Crippen LogP contribution in [0.4, 0.5) is 0 Å². The third kappa shape index (κ3) is 1.54. The van der Waals surface area contributed by atoms with Gasteiger partial charge in [0.1, 0.15) is 0 Å². The van der Waals surface area contributed by atoms with Crippen molar-refractivity contribution >= 4 is 12.7 Å². The third-order valence-electron chi connectivity index (χ3n) is 2.28. The molecule has 1 aromatic heterocycles. The Morgan fingerprint density at radius 1 is 1.50 bits per heavy atom. The highest BCUT2D eigenvalue weighted by Crippen LogP contribution is 2.30. The monoisotopic (exact) mass is 165 g/mol. The maximum absolute atomic E-state index is 8.96. The molecule has 2 N–H and O–H groups in total. The fraction of sp³-hybridized carbons (Fsp3) is 0.500. The Labute approximate surface area is 71.8 Å². The molecule has 4 heteroatoms. The number of hydrogen-bond donors (Lipinski definition) is 2. The first-order valence-electron chi connectivity index (χ1n) is 4.28. The molecule has 1 fully saturated rings. The van der Waals surface area contributed by atoms with Crippen LogP contribution in [0.1, 0.15) is 12.8 Å². The summed E-state index contributed by atoms with van der Waals surface area (Å²) in [6.07, 6.45) is 4.45. The zero-order chi connectivity index (χ0) is 8.55. The maximum Gasteiger partial charge on any atom is 0.505 e. The quantitative estimate of drug-likeness (QED) is 0.597. The van der Waals surface area contributed by atoms with Gasteiger partial charge in [0.2, 0.25) is 0 Å². The molecule has 0 spiro atoms. The number of rotatable bonds is 3. The zero-order valence-electron chi connectivity index (χ0n) is 6.85. The van der Waals surface area contributed by atoms with Gasteiger partial charge in [0.25, 0.3) is 0 Å². The summed E-state index contributed by atoms with van der Waals surface area (Å²) in [6.45, 7) is 0.931. The summed E-state index contributed by atoms with van der Waals surface area (Å²) >= 11 is 0. The summed E-state index contributed by atoms with van der Waals surface area (Å²) < 4.78 is 1.92. The highest BCUT2D eigenvalue weighted by molar-refractivity contribution is 6.57. The highest BCUT2D eigenvalue weighted by Gasteiger charge is 2.24. The lowest BCUT2D eigenvalue weighted by Crippen LogP contribution is -2.36. The van der Waals surface area contributed by atoms with E-state index in [0.29, 0.717) is 5.59 Å². The second-order valence-corrected chi connectivity index (χ2v) is 3.40. The molecule has 0 bridgehead atoms. The van der Waals surface area contributed by atoms with Crippen molar-refractivity contribution in [2.75, 3.05) is 0 Å². The molecule has 0 radical (unpaired) electrons. The molecule has 3 nitrogen and oxygen atoms in total. The molecule has 1 heterocycles. The van der Waals surface area contributed by atoms with Crippen LogP contribution in [-0.2, 0) is 6.54 Å². The minimum atomic E-state index is -1.33. The average molecular weight is 165 g/mol. The van der Waals surface area contributed by atoms with E-state index in [-0.39, 0.29) is 0 Å². The first kappa shape index (κ1) is 7.89. The lowest BCUT2D eigenvalue weighted by atomic mass is 9.86. The predicted molar refractivity (Wildman–Crippen MR) is 47.0 cm³/mol. The molecule has 0 aromatic carbocycles. The smallest absolute Gasteiger partial charge is 0.422 e. The fourth-order valence-electron chi connectivity index (χ4n) is 1.41. The topological polar surface area (TPSA) is 45.4 Å². The minimum Gasteiger partial charge on any atom is -0.422 e. The van der Waals surface area contributed by atoms with E-state index in [9.17, 15) is 0 Å². The second kappa shape index (κ2) is 2.96. The average Bonchev–Trinajstić information content (AvgIpc) is 2.66. The fourth-order valence-corrected chi connectivity index (χ4v) is 1.41. The van der Waals surface area contributed by atoms with Crippen molar-refractivity contribution in [3.05, 3.63) is 18.3 Å². The van der Waals surface area contributed by atoms with Gasteiger partial charge in [-0.25, -0.2) is 0 Å². The van der Waals surface area contributed by atoms with Crippen LogP contribution >= 0.6 is 0 Å². The van der Waals surface area contributed by atoms with Gasteiger partial charge in [-0.2, -0.15) is 0 Å². The van der Waals surface area contributed by atoms with Gasteiger partial charge in [-0.15, -0.1) is 0 Å². The second-order valence-electron chi connectivity index (χ2n) is 3.40. The van der Waals surface area contributed by atoms with Crippen LogP contribution in [0.3, 0.4) is 0 Å². The maximum atomic E-state index is 8.96. The molecule has 2 rings (SSSR count). The Bertz CT molecular complexity index is 268. The molecule has 1 aliphatic rings. The van der Waals surface area contributed by atoms with E-state index in [4.69, 9.17) is 10.0 Å². The van der Waals surface area contributed by atoms with Crippen LogP contribution in [-0.4, -0.2) is 21.7 Å². The molecule has 12 heavy (non-hydrogen) atoms. The predicted octanol–water partition coefficient (Wildman–Crippen LogP) is -0.422. The largest absolute Gasteiger partial charge is 0.505 e. The molecule has 1 aromatic rings. The van der Waals surface area contributed by atoms with Crippen molar-refractivity contribution in [1.82, 2.24) is 4.57 Å². The first-order chi connectivity index (χ1) is 5.77. The molecular weight excluding hydrogens is 153 g/mol. The zero-order valence-corrected chi connectivity index (χ0v) is 6.85. The van der Waals surface area contributed by atoms with Gasteiger partial charge in [0.15, 0.2) is 0 Å².